The van der Waals surface area contributed by atoms with Crippen LogP contribution < -0.4 is 9.47 Å². The monoisotopic (exact) mass is 374 g/mol. The summed E-state index contributed by atoms with van der Waals surface area (Å²) in [4.78, 5) is 24.1. The number of esters is 1. The summed E-state index contributed by atoms with van der Waals surface area (Å²) in [5.41, 5.74) is 2.48. The Kier molecular flexibility index (Phi) is 8.37. The van der Waals surface area contributed by atoms with E-state index in [4.69, 9.17) is 14.2 Å². The fourth-order valence-electron chi connectivity index (χ4n) is 3.19. The SMILES string of the molecule is CCOC(=O)C(CC/C(=C/CCc1ccc2c(c1)OCO2)CC)C(=O)CC. The van der Waals surface area contributed by atoms with Crippen LogP contribution in [-0.2, 0) is 20.7 Å². The average Bonchev–Trinajstić information content (AvgIpc) is 3.14. The molecule has 0 bridgehead atoms. The molecular formula is C22H30O5. The van der Waals surface area contributed by atoms with Gasteiger partial charge in [0.25, 0.3) is 0 Å². The Balaban J connectivity index is 1.89. The number of Topliss-reactive ketones (excluding diaryl/α,β-unsaturated/α-hetero) is 1. The van der Waals surface area contributed by atoms with Gasteiger partial charge in [-0.25, -0.2) is 0 Å². The summed E-state index contributed by atoms with van der Waals surface area (Å²) in [7, 11) is 0. The topological polar surface area (TPSA) is 61.8 Å². The van der Waals surface area contributed by atoms with Gasteiger partial charge in [0.1, 0.15) is 11.7 Å². The van der Waals surface area contributed by atoms with Gasteiger partial charge < -0.3 is 14.2 Å². The maximum atomic E-state index is 12.1. The Labute approximate surface area is 161 Å². The molecule has 0 aliphatic carbocycles. The third-order valence-electron chi connectivity index (χ3n) is 4.82. The number of rotatable bonds is 11. The summed E-state index contributed by atoms with van der Waals surface area (Å²) < 4.78 is 15.8. The molecule has 1 atom stereocenters. The van der Waals surface area contributed by atoms with E-state index < -0.39 is 5.92 Å². The zero-order valence-electron chi connectivity index (χ0n) is 16.6. The van der Waals surface area contributed by atoms with Crippen molar-refractivity contribution in [2.75, 3.05) is 13.4 Å². The van der Waals surface area contributed by atoms with Crippen LogP contribution in [0.5, 0.6) is 11.5 Å². The second-order valence-corrected chi connectivity index (χ2v) is 6.61. The fourth-order valence-corrected chi connectivity index (χ4v) is 3.19. The van der Waals surface area contributed by atoms with Crippen molar-refractivity contribution in [2.24, 2.45) is 5.92 Å². The second kappa shape index (κ2) is 10.8. The lowest BCUT2D eigenvalue weighted by Gasteiger charge is -2.14. The minimum atomic E-state index is -0.640. The van der Waals surface area contributed by atoms with Crippen LogP contribution in [0.3, 0.4) is 0 Å². The first-order chi connectivity index (χ1) is 13.1. The highest BCUT2D eigenvalue weighted by Gasteiger charge is 2.26. The maximum Gasteiger partial charge on any atom is 0.316 e. The number of ether oxygens (including phenoxy) is 3. The molecule has 2 rings (SSSR count). The Morgan fingerprint density at radius 3 is 2.63 bits per heavy atom. The number of carbonyl (C=O) groups is 2. The molecule has 0 radical (unpaired) electrons. The van der Waals surface area contributed by atoms with Crippen molar-refractivity contribution in [1.29, 1.82) is 0 Å². The molecule has 0 amide bonds. The summed E-state index contributed by atoms with van der Waals surface area (Å²) in [6.45, 7) is 6.25. The van der Waals surface area contributed by atoms with Crippen LogP contribution in [-0.4, -0.2) is 25.2 Å². The fraction of sp³-hybridized carbons (Fsp3) is 0.545. The van der Waals surface area contributed by atoms with Crippen LogP contribution in [0, 0.1) is 5.92 Å². The molecule has 5 heteroatoms. The lowest BCUT2D eigenvalue weighted by atomic mass is 9.93. The molecule has 27 heavy (non-hydrogen) atoms. The zero-order chi connectivity index (χ0) is 19.6. The Bertz CT molecular complexity index is 677. The first-order valence-corrected chi connectivity index (χ1v) is 9.84. The summed E-state index contributed by atoms with van der Waals surface area (Å²) in [6.07, 6.45) is 6.59. The lowest BCUT2D eigenvalue weighted by Crippen LogP contribution is -2.25. The molecule has 1 unspecified atom stereocenters. The molecule has 0 saturated carbocycles. The van der Waals surface area contributed by atoms with Gasteiger partial charge in [0.2, 0.25) is 6.79 Å². The normalized spacial score (nSPS) is 14.1. The minimum absolute atomic E-state index is 0.0377. The largest absolute Gasteiger partial charge is 0.465 e. The molecular weight excluding hydrogens is 344 g/mol. The second-order valence-electron chi connectivity index (χ2n) is 6.61. The quantitative estimate of drug-likeness (QED) is 0.321. The Morgan fingerprint density at radius 1 is 1.15 bits per heavy atom. The van der Waals surface area contributed by atoms with E-state index in [0.29, 0.717) is 19.4 Å². The van der Waals surface area contributed by atoms with Gasteiger partial charge in [0.05, 0.1) is 6.61 Å². The number of benzene rings is 1. The average molecular weight is 374 g/mol. The van der Waals surface area contributed by atoms with E-state index in [1.165, 1.54) is 11.1 Å². The van der Waals surface area contributed by atoms with Crippen molar-refractivity contribution >= 4 is 11.8 Å². The van der Waals surface area contributed by atoms with Crippen LogP contribution >= 0.6 is 0 Å². The smallest absolute Gasteiger partial charge is 0.316 e. The highest BCUT2D eigenvalue weighted by Crippen LogP contribution is 2.32. The van der Waals surface area contributed by atoms with E-state index in [9.17, 15) is 9.59 Å². The zero-order valence-corrected chi connectivity index (χ0v) is 16.6. The van der Waals surface area contributed by atoms with Gasteiger partial charge in [-0.1, -0.05) is 31.6 Å². The molecule has 1 heterocycles. The minimum Gasteiger partial charge on any atom is -0.465 e. The molecule has 0 aromatic heterocycles. The molecule has 0 fully saturated rings. The van der Waals surface area contributed by atoms with Crippen LogP contribution in [0.15, 0.2) is 29.8 Å². The van der Waals surface area contributed by atoms with Gasteiger partial charge in [0.15, 0.2) is 11.5 Å². The molecule has 1 aliphatic heterocycles. The van der Waals surface area contributed by atoms with Gasteiger partial charge >= 0.3 is 5.97 Å². The predicted molar refractivity (Wildman–Crippen MR) is 104 cm³/mol. The number of fused-ring (bicyclic) bond motifs is 1. The highest BCUT2D eigenvalue weighted by molar-refractivity contribution is 5.98. The molecule has 0 saturated heterocycles. The number of aryl methyl sites for hydroxylation is 1. The molecule has 1 aromatic carbocycles. The highest BCUT2D eigenvalue weighted by atomic mass is 16.7. The Morgan fingerprint density at radius 2 is 1.93 bits per heavy atom. The van der Waals surface area contributed by atoms with Gasteiger partial charge in [-0.05, 0) is 56.7 Å². The molecule has 148 valence electrons. The molecule has 5 nitrogen and oxygen atoms in total. The van der Waals surface area contributed by atoms with E-state index in [2.05, 4.69) is 19.1 Å². The summed E-state index contributed by atoms with van der Waals surface area (Å²) in [5, 5.41) is 0. The standard InChI is InChI=1S/C22H30O5/c1-4-16(10-12-18(19(23)5-2)22(24)25-6-3)8-7-9-17-11-13-20-21(14-17)27-15-26-20/h8,11,13-14,18H,4-7,9-10,12,15H2,1-3H3/b16-8+. The molecule has 1 aliphatic rings. The van der Waals surface area contributed by atoms with E-state index >= 15 is 0 Å². The van der Waals surface area contributed by atoms with E-state index in [0.717, 1.165) is 37.2 Å². The van der Waals surface area contributed by atoms with Crippen molar-refractivity contribution < 1.29 is 23.8 Å². The van der Waals surface area contributed by atoms with Crippen LogP contribution in [0.2, 0.25) is 0 Å². The van der Waals surface area contributed by atoms with E-state index in [-0.39, 0.29) is 18.5 Å². The van der Waals surface area contributed by atoms with Gasteiger partial charge in [-0.15, -0.1) is 0 Å². The van der Waals surface area contributed by atoms with Crippen LogP contribution in [0.25, 0.3) is 0 Å². The summed E-state index contributed by atoms with van der Waals surface area (Å²) in [5.74, 6) is 0.542. The van der Waals surface area contributed by atoms with Crippen molar-refractivity contribution in [3.63, 3.8) is 0 Å². The number of ketones is 1. The Hall–Kier alpha value is -2.30. The van der Waals surface area contributed by atoms with Crippen molar-refractivity contribution in [3.05, 3.63) is 35.4 Å². The number of hydrogen-bond donors (Lipinski definition) is 0. The van der Waals surface area contributed by atoms with Gasteiger partial charge in [-0.3, -0.25) is 9.59 Å². The van der Waals surface area contributed by atoms with Gasteiger partial charge in [-0.2, -0.15) is 0 Å². The number of hydrogen-bond acceptors (Lipinski definition) is 5. The van der Waals surface area contributed by atoms with Crippen molar-refractivity contribution in [1.82, 2.24) is 0 Å². The molecule has 1 aromatic rings. The van der Waals surface area contributed by atoms with Crippen molar-refractivity contribution in [3.8, 4) is 11.5 Å². The third kappa shape index (κ3) is 6.12. The summed E-state index contributed by atoms with van der Waals surface area (Å²) >= 11 is 0. The maximum absolute atomic E-state index is 12.1. The number of allylic oxidation sites excluding steroid dienone is 2. The van der Waals surface area contributed by atoms with Crippen LogP contribution in [0.1, 0.15) is 58.4 Å². The molecule has 0 N–H and O–H groups in total. The predicted octanol–water partition coefficient (Wildman–Crippen LogP) is 4.62. The van der Waals surface area contributed by atoms with Gasteiger partial charge in [0, 0.05) is 6.42 Å². The molecule has 0 spiro atoms. The summed E-state index contributed by atoms with van der Waals surface area (Å²) in [6, 6.07) is 6.03. The van der Waals surface area contributed by atoms with Crippen molar-refractivity contribution in [2.45, 2.75) is 59.3 Å². The third-order valence-corrected chi connectivity index (χ3v) is 4.82. The lowest BCUT2D eigenvalue weighted by molar-refractivity contribution is -0.151. The van der Waals surface area contributed by atoms with E-state index in [1.807, 2.05) is 12.1 Å². The number of carbonyl (C=O) groups excluding carboxylic acids is 2. The van der Waals surface area contributed by atoms with Crippen LogP contribution in [0.4, 0.5) is 0 Å². The first kappa shape index (κ1) is 21.0. The van der Waals surface area contributed by atoms with E-state index in [1.54, 1.807) is 13.8 Å². The first-order valence-electron chi connectivity index (χ1n) is 9.84.